The van der Waals surface area contributed by atoms with Gasteiger partial charge in [0.25, 0.3) is 0 Å². The number of fused-ring (bicyclic) bond motifs is 3. The lowest BCUT2D eigenvalue weighted by atomic mass is 10.1. The molecule has 0 bridgehead atoms. The van der Waals surface area contributed by atoms with Crippen molar-refractivity contribution in [1.29, 1.82) is 0 Å². The van der Waals surface area contributed by atoms with Crippen molar-refractivity contribution in [3.8, 4) is 11.5 Å². The van der Waals surface area contributed by atoms with E-state index >= 15 is 0 Å². The van der Waals surface area contributed by atoms with Crippen LogP contribution >= 0.6 is 0 Å². The van der Waals surface area contributed by atoms with E-state index < -0.39 is 6.10 Å². The molecule has 5 heteroatoms. The molecule has 0 unspecified atom stereocenters. The Morgan fingerprint density at radius 1 is 0.926 bits per heavy atom. The van der Waals surface area contributed by atoms with Crippen LogP contribution in [0.15, 0.2) is 66.7 Å². The summed E-state index contributed by atoms with van der Waals surface area (Å²) >= 11 is 0. The number of benzene rings is 3. The van der Waals surface area contributed by atoms with Crippen LogP contribution in [0, 0.1) is 0 Å². The van der Waals surface area contributed by atoms with E-state index in [1.165, 1.54) is 0 Å². The van der Waals surface area contributed by atoms with Crippen LogP contribution in [0.25, 0.3) is 21.8 Å². The van der Waals surface area contributed by atoms with Crippen molar-refractivity contribution in [3.05, 3.63) is 66.7 Å². The number of ether oxygens (including phenoxy) is 2. The lowest BCUT2D eigenvalue weighted by Gasteiger charge is -2.16. The van der Waals surface area contributed by atoms with Crippen molar-refractivity contribution in [2.24, 2.45) is 0 Å². The minimum absolute atomic E-state index is 0.195. The highest BCUT2D eigenvalue weighted by molar-refractivity contribution is 6.10. The molecular weight excluding hydrogens is 340 g/mol. The first-order chi connectivity index (χ1) is 13.3. The van der Waals surface area contributed by atoms with Crippen LogP contribution in [0.3, 0.4) is 0 Å². The van der Waals surface area contributed by atoms with E-state index in [9.17, 15) is 5.11 Å². The number of nitrogens with one attached hydrogen (secondary N) is 2. The van der Waals surface area contributed by atoms with Gasteiger partial charge in [-0.3, -0.25) is 0 Å². The van der Waals surface area contributed by atoms with Gasteiger partial charge >= 0.3 is 0 Å². The number of methoxy groups -OCH3 is 1. The molecule has 27 heavy (non-hydrogen) atoms. The Balaban J connectivity index is 1.45. The zero-order valence-electron chi connectivity index (χ0n) is 15.1. The fourth-order valence-electron chi connectivity index (χ4n) is 3.25. The first kappa shape index (κ1) is 17.2. The average Bonchev–Trinajstić information content (AvgIpc) is 3.10. The Labute approximate surface area is 157 Å². The van der Waals surface area contributed by atoms with E-state index in [1.54, 1.807) is 7.11 Å². The number of hydrogen-bond acceptors (Lipinski definition) is 4. The second-order valence-corrected chi connectivity index (χ2v) is 6.40. The summed E-state index contributed by atoms with van der Waals surface area (Å²) < 4.78 is 11.3. The number of aromatic nitrogens is 1. The number of aliphatic hydroxyl groups excluding tert-OH is 1. The van der Waals surface area contributed by atoms with Crippen molar-refractivity contribution in [3.63, 3.8) is 0 Å². The molecule has 5 nitrogen and oxygen atoms in total. The van der Waals surface area contributed by atoms with Gasteiger partial charge in [0, 0.05) is 22.8 Å². The van der Waals surface area contributed by atoms with Gasteiger partial charge in [-0.05, 0) is 30.3 Å². The third-order valence-corrected chi connectivity index (χ3v) is 4.56. The number of para-hydroxylation sites is 3. The number of aromatic amines is 1. The van der Waals surface area contributed by atoms with Crippen molar-refractivity contribution >= 4 is 27.5 Å². The fourth-order valence-corrected chi connectivity index (χ4v) is 3.25. The monoisotopic (exact) mass is 362 g/mol. The third kappa shape index (κ3) is 3.55. The van der Waals surface area contributed by atoms with E-state index in [0.717, 1.165) is 39.0 Å². The Morgan fingerprint density at radius 2 is 1.67 bits per heavy atom. The summed E-state index contributed by atoms with van der Waals surface area (Å²) in [6, 6.07) is 21.7. The van der Waals surface area contributed by atoms with Crippen molar-refractivity contribution in [2.45, 2.75) is 6.10 Å². The Morgan fingerprint density at radius 3 is 2.56 bits per heavy atom. The van der Waals surface area contributed by atoms with Crippen molar-refractivity contribution in [2.75, 3.05) is 25.6 Å². The molecule has 0 aliphatic rings. The van der Waals surface area contributed by atoms with Gasteiger partial charge in [0.15, 0.2) is 0 Å². The van der Waals surface area contributed by atoms with Crippen LogP contribution in [0.1, 0.15) is 0 Å². The Kier molecular flexibility index (Phi) is 4.85. The highest BCUT2D eigenvalue weighted by Gasteiger charge is 2.12. The van der Waals surface area contributed by atoms with Crippen LogP contribution in [-0.4, -0.2) is 36.5 Å². The van der Waals surface area contributed by atoms with E-state index in [0.29, 0.717) is 6.54 Å². The minimum atomic E-state index is -0.657. The van der Waals surface area contributed by atoms with E-state index in [4.69, 9.17) is 9.47 Å². The maximum atomic E-state index is 10.3. The van der Waals surface area contributed by atoms with Crippen LogP contribution in [0.2, 0.25) is 0 Å². The quantitative estimate of drug-likeness (QED) is 0.461. The predicted octanol–water partition coefficient (Wildman–Crippen LogP) is 4.18. The molecule has 3 aromatic carbocycles. The minimum Gasteiger partial charge on any atom is -0.495 e. The lowest BCUT2D eigenvalue weighted by Crippen LogP contribution is -2.26. The van der Waals surface area contributed by atoms with Crippen molar-refractivity contribution in [1.82, 2.24) is 4.98 Å². The standard InChI is InChI=1S/C22H22N2O3/c1-26-20-11-5-4-9-18(20)23-13-15(25)14-27-21-12-6-10-19-22(21)16-7-2-3-8-17(16)24-19/h2-12,15,23-25H,13-14H2,1H3/t15-/m1/s1. The molecule has 0 aliphatic carbocycles. The molecular formula is C22H22N2O3. The highest BCUT2D eigenvalue weighted by Crippen LogP contribution is 2.33. The molecule has 1 heterocycles. The Hall–Kier alpha value is -3.18. The number of anilines is 1. The molecule has 0 saturated heterocycles. The summed E-state index contributed by atoms with van der Waals surface area (Å²) in [5.74, 6) is 1.51. The molecule has 0 aliphatic heterocycles. The summed E-state index contributed by atoms with van der Waals surface area (Å²) in [5, 5.41) is 15.7. The molecule has 1 aromatic heterocycles. The van der Waals surface area contributed by atoms with E-state index in [-0.39, 0.29) is 6.61 Å². The molecule has 4 rings (SSSR count). The number of aliphatic hydroxyl groups is 1. The molecule has 0 spiro atoms. The maximum Gasteiger partial charge on any atom is 0.141 e. The highest BCUT2D eigenvalue weighted by atomic mass is 16.5. The van der Waals surface area contributed by atoms with Crippen LogP contribution in [0.5, 0.6) is 11.5 Å². The Bertz CT molecular complexity index is 1060. The molecule has 3 N–H and O–H groups in total. The summed E-state index contributed by atoms with van der Waals surface area (Å²) in [4.78, 5) is 3.40. The third-order valence-electron chi connectivity index (χ3n) is 4.56. The molecule has 0 fully saturated rings. The molecule has 0 amide bonds. The topological polar surface area (TPSA) is 66.5 Å². The first-order valence-corrected chi connectivity index (χ1v) is 8.93. The van der Waals surface area contributed by atoms with Gasteiger partial charge in [-0.1, -0.05) is 36.4 Å². The normalized spacial score (nSPS) is 12.2. The van der Waals surface area contributed by atoms with Gasteiger partial charge in [-0.15, -0.1) is 0 Å². The van der Waals surface area contributed by atoms with Gasteiger partial charge in [-0.25, -0.2) is 0 Å². The predicted molar refractivity (Wildman–Crippen MR) is 109 cm³/mol. The summed E-state index contributed by atoms with van der Waals surface area (Å²) in [7, 11) is 1.63. The van der Waals surface area contributed by atoms with Crippen molar-refractivity contribution < 1.29 is 14.6 Å². The van der Waals surface area contributed by atoms with Crippen LogP contribution in [0.4, 0.5) is 5.69 Å². The molecule has 0 radical (unpaired) electrons. The lowest BCUT2D eigenvalue weighted by molar-refractivity contribution is 0.118. The zero-order chi connectivity index (χ0) is 18.6. The van der Waals surface area contributed by atoms with Crippen LogP contribution in [-0.2, 0) is 0 Å². The van der Waals surface area contributed by atoms with Gasteiger partial charge in [-0.2, -0.15) is 0 Å². The SMILES string of the molecule is COc1ccccc1NC[C@@H](O)COc1cccc2[nH]c3ccccc3c12. The second kappa shape index (κ2) is 7.60. The average molecular weight is 362 g/mol. The number of rotatable bonds is 7. The fraction of sp³-hybridized carbons (Fsp3) is 0.182. The number of H-pyrrole nitrogens is 1. The summed E-state index contributed by atoms with van der Waals surface area (Å²) in [5.41, 5.74) is 2.94. The van der Waals surface area contributed by atoms with Gasteiger partial charge in [0.1, 0.15) is 24.2 Å². The molecule has 4 aromatic rings. The molecule has 1 atom stereocenters. The number of hydrogen-bond donors (Lipinski definition) is 3. The largest absolute Gasteiger partial charge is 0.495 e. The summed E-state index contributed by atoms with van der Waals surface area (Å²) in [6.45, 7) is 0.561. The molecule has 138 valence electrons. The van der Waals surface area contributed by atoms with E-state index in [1.807, 2.05) is 60.7 Å². The van der Waals surface area contributed by atoms with Gasteiger partial charge in [0.2, 0.25) is 0 Å². The smallest absolute Gasteiger partial charge is 0.141 e. The van der Waals surface area contributed by atoms with Gasteiger partial charge < -0.3 is 24.9 Å². The first-order valence-electron chi connectivity index (χ1n) is 8.93. The zero-order valence-corrected chi connectivity index (χ0v) is 15.1. The van der Waals surface area contributed by atoms with Crippen LogP contribution < -0.4 is 14.8 Å². The van der Waals surface area contributed by atoms with Gasteiger partial charge in [0.05, 0.1) is 18.3 Å². The summed E-state index contributed by atoms with van der Waals surface area (Å²) in [6.07, 6.45) is -0.657. The molecule has 0 saturated carbocycles. The second-order valence-electron chi connectivity index (χ2n) is 6.40. The maximum absolute atomic E-state index is 10.3. The van der Waals surface area contributed by atoms with E-state index in [2.05, 4.69) is 16.4 Å².